The molecule has 2 aromatic carbocycles. The van der Waals surface area contributed by atoms with Crippen molar-refractivity contribution >= 4 is 60.4 Å². The summed E-state index contributed by atoms with van der Waals surface area (Å²) in [6, 6.07) is 14.8. The van der Waals surface area contributed by atoms with E-state index in [9.17, 15) is 0 Å². The number of rotatable bonds is 4. The Labute approximate surface area is 224 Å². The lowest BCUT2D eigenvalue weighted by Crippen LogP contribution is -2.27. The summed E-state index contributed by atoms with van der Waals surface area (Å²) in [5, 5.41) is 16.1. The van der Waals surface area contributed by atoms with Gasteiger partial charge in [-0.1, -0.05) is 39.3 Å². The number of carboxylic acid groups (broad SMARTS) is 2. The number of carbonyl (C=O) groups is 2. The molecule has 0 unspecified atom stereocenters. The number of hydrogen-bond donors (Lipinski definition) is 4. The first-order chi connectivity index (χ1) is 16.1. The average molecular weight is 616 g/mol. The summed E-state index contributed by atoms with van der Waals surface area (Å²) in [6.45, 7) is 6.54. The summed E-state index contributed by atoms with van der Waals surface area (Å²) < 4.78 is 4.45. The van der Waals surface area contributed by atoms with Gasteiger partial charge in [0.15, 0.2) is 0 Å². The molecule has 8 nitrogen and oxygen atoms in total. The summed E-state index contributed by atoms with van der Waals surface area (Å²) in [5.74, 6) is -1.67. The smallest absolute Gasteiger partial charge is 0.300 e. The number of anilines is 1. The van der Waals surface area contributed by atoms with Crippen molar-refractivity contribution in [2.45, 2.75) is 34.2 Å². The third kappa shape index (κ3) is 12.2. The molecule has 10 heteroatoms. The number of aliphatic carboxylic acids is 2. The quantitative estimate of drug-likeness (QED) is 0.326. The van der Waals surface area contributed by atoms with Gasteiger partial charge in [-0.25, -0.2) is 0 Å². The van der Waals surface area contributed by atoms with Gasteiger partial charge >= 0.3 is 0 Å². The molecule has 0 amide bonds. The minimum Gasteiger partial charge on any atom is -0.481 e. The van der Waals surface area contributed by atoms with Crippen molar-refractivity contribution in [2.75, 3.05) is 31.1 Å². The molecule has 0 spiro atoms. The van der Waals surface area contributed by atoms with Gasteiger partial charge in [0, 0.05) is 78.3 Å². The molecular weight excluding hydrogens is 580 g/mol. The number of aromatic nitrogens is 1. The highest BCUT2D eigenvalue weighted by molar-refractivity contribution is 9.10. The third-order valence-electron chi connectivity index (χ3n) is 4.54. The minimum atomic E-state index is -0.833. The molecule has 0 bridgehead atoms. The third-order valence-corrected chi connectivity index (χ3v) is 5.52. The van der Waals surface area contributed by atoms with Crippen molar-refractivity contribution in [1.82, 2.24) is 4.57 Å². The van der Waals surface area contributed by atoms with Gasteiger partial charge in [0.2, 0.25) is 0 Å². The second-order valence-corrected chi connectivity index (χ2v) is 9.17. The van der Waals surface area contributed by atoms with Gasteiger partial charge in [-0.3, -0.25) is 9.59 Å². The maximum atomic E-state index is 9.00. The maximum absolute atomic E-state index is 9.00. The van der Waals surface area contributed by atoms with E-state index in [0.29, 0.717) is 6.54 Å². The topological polar surface area (TPSA) is 135 Å². The Hall–Kier alpha value is -2.40. The maximum Gasteiger partial charge on any atom is 0.300 e. The van der Waals surface area contributed by atoms with Crippen molar-refractivity contribution in [2.24, 2.45) is 11.5 Å². The Bertz CT molecular complexity index is 1050. The lowest BCUT2D eigenvalue weighted by atomic mass is 10.2. The molecule has 1 aromatic heterocycles. The fourth-order valence-corrected chi connectivity index (χ4v) is 4.12. The van der Waals surface area contributed by atoms with Gasteiger partial charge in [-0.15, -0.1) is 0 Å². The first-order valence-electron chi connectivity index (χ1n) is 10.7. The summed E-state index contributed by atoms with van der Waals surface area (Å²) >= 11 is 6.93. The molecule has 3 aromatic rings. The minimum absolute atomic E-state index is 0. The fraction of sp³-hybridized carbons (Fsp3) is 0.360. The number of carboxylic acids is 2. The lowest BCUT2D eigenvalue weighted by molar-refractivity contribution is -0.135. The van der Waals surface area contributed by atoms with Crippen molar-refractivity contribution in [3.8, 4) is 0 Å². The van der Waals surface area contributed by atoms with Crippen LogP contribution in [0.25, 0.3) is 10.9 Å². The number of halogens is 2. The molecule has 1 aliphatic heterocycles. The van der Waals surface area contributed by atoms with Gasteiger partial charge < -0.3 is 31.1 Å². The van der Waals surface area contributed by atoms with Crippen molar-refractivity contribution in [3.05, 3.63) is 63.2 Å². The molecule has 4 rings (SSSR count). The zero-order chi connectivity index (χ0) is 25.7. The Morgan fingerprint density at radius 2 is 1.46 bits per heavy atom. The van der Waals surface area contributed by atoms with Crippen LogP contribution >= 0.6 is 31.9 Å². The molecule has 0 atom stereocenters. The van der Waals surface area contributed by atoms with E-state index < -0.39 is 11.9 Å². The van der Waals surface area contributed by atoms with Crippen LogP contribution in [-0.2, 0) is 22.6 Å². The summed E-state index contributed by atoms with van der Waals surface area (Å²) in [4.78, 5) is 20.3. The van der Waals surface area contributed by atoms with Crippen molar-refractivity contribution < 1.29 is 19.8 Å². The molecule has 194 valence electrons. The summed E-state index contributed by atoms with van der Waals surface area (Å²) in [5.41, 5.74) is 15.1. The largest absolute Gasteiger partial charge is 0.481 e. The van der Waals surface area contributed by atoms with E-state index in [-0.39, 0.29) is 7.43 Å². The Morgan fingerprint density at radius 3 is 2.03 bits per heavy atom. The number of fused-ring (bicyclic) bond motifs is 2. The Kier molecular flexibility index (Phi) is 15.9. The standard InChI is InChI=1S/C10H13BrN2.C10H11BrN2.2C2H4O2.CH4/c2*11-9-1-2-10-8(7-9)3-5-13(10)6-4-12;2*1-2(3)4;/h1-2,7H,3-6,12H2;1-3,5,7H,4,6,12H2;2*1H3,(H,3,4);1H4. The van der Waals surface area contributed by atoms with Gasteiger partial charge in [0.1, 0.15) is 0 Å². The molecular formula is C25H36Br2N4O4. The van der Waals surface area contributed by atoms with Crippen LogP contribution in [-0.4, -0.2) is 52.9 Å². The monoisotopic (exact) mass is 614 g/mol. The molecule has 35 heavy (non-hydrogen) atoms. The van der Waals surface area contributed by atoms with Crippen LogP contribution < -0.4 is 16.4 Å². The summed E-state index contributed by atoms with van der Waals surface area (Å²) in [6.07, 6.45) is 3.22. The molecule has 0 saturated heterocycles. The van der Waals surface area contributed by atoms with Crippen molar-refractivity contribution in [1.29, 1.82) is 0 Å². The normalized spacial score (nSPS) is 11.0. The van der Waals surface area contributed by atoms with Crippen LogP contribution in [0.15, 0.2) is 57.6 Å². The van der Waals surface area contributed by atoms with E-state index in [0.717, 1.165) is 50.9 Å². The van der Waals surface area contributed by atoms with Crippen LogP contribution in [0, 0.1) is 0 Å². The average Bonchev–Trinajstić information content (AvgIpc) is 3.32. The van der Waals surface area contributed by atoms with Crippen molar-refractivity contribution in [3.63, 3.8) is 0 Å². The van der Waals surface area contributed by atoms with Gasteiger partial charge in [0.25, 0.3) is 11.9 Å². The second kappa shape index (κ2) is 17.1. The molecule has 0 radical (unpaired) electrons. The highest BCUT2D eigenvalue weighted by Crippen LogP contribution is 2.29. The molecule has 6 N–H and O–H groups in total. The molecule has 0 saturated carbocycles. The van der Waals surface area contributed by atoms with Gasteiger partial charge in [-0.05, 0) is 54.4 Å². The number of nitrogens with two attached hydrogens (primary N) is 2. The van der Waals surface area contributed by atoms with Crippen LogP contribution in [0.2, 0.25) is 0 Å². The lowest BCUT2D eigenvalue weighted by Gasteiger charge is -2.17. The first kappa shape index (κ1) is 32.6. The van der Waals surface area contributed by atoms with E-state index in [1.807, 2.05) is 0 Å². The molecule has 0 fully saturated rings. The number of hydrogen-bond acceptors (Lipinski definition) is 5. The predicted molar refractivity (Wildman–Crippen MR) is 151 cm³/mol. The molecule has 1 aliphatic rings. The van der Waals surface area contributed by atoms with Crippen LogP contribution in [0.4, 0.5) is 5.69 Å². The van der Waals surface area contributed by atoms with E-state index in [1.54, 1.807) is 0 Å². The fourth-order valence-electron chi connectivity index (χ4n) is 3.33. The van der Waals surface area contributed by atoms with Crippen LogP contribution in [0.3, 0.4) is 0 Å². The molecule has 0 aliphatic carbocycles. The molecule has 2 heterocycles. The zero-order valence-corrected chi connectivity index (χ0v) is 22.5. The number of nitrogens with zero attached hydrogens (tertiary/aromatic N) is 2. The second-order valence-electron chi connectivity index (χ2n) is 7.34. The van der Waals surface area contributed by atoms with E-state index in [2.05, 4.69) is 90.0 Å². The Balaban J connectivity index is 0.000000499. The highest BCUT2D eigenvalue weighted by atomic mass is 79.9. The van der Waals surface area contributed by atoms with E-state index in [1.165, 1.54) is 26.6 Å². The predicted octanol–water partition coefficient (Wildman–Crippen LogP) is 4.95. The van der Waals surface area contributed by atoms with Crippen LogP contribution in [0.1, 0.15) is 26.8 Å². The van der Waals surface area contributed by atoms with Gasteiger partial charge in [-0.2, -0.15) is 0 Å². The van der Waals surface area contributed by atoms with E-state index in [4.69, 9.17) is 31.3 Å². The van der Waals surface area contributed by atoms with E-state index >= 15 is 0 Å². The van der Waals surface area contributed by atoms with Crippen LogP contribution in [0.5, 0.6) is 0 Å². The first-order valence-corrected chi connectivity index (χ1v) is 12.2. The Morgan fingerprint density at radius 1 is 0.914 bits per heavy atom. The van der Waals surface area contributed by atoms with Gasteiger partial charge in [0.05, 0.1) is 0 Å². The summed E-state index contributed by atoms with van der Waals surface area (Å²) in [7, 11) is 0. The zero-order valence-electron chi connectivity index (χ0n) is 19.4. The highest BCUT2D eigenvalue weighted by Gasteiger charge is 2.17. The SMILES string of the molecule is C.CC(=O)O.CC(=O)O.NCCN1CCc2cc(Br)ccc21.NCCn1ccc2cc(Br)ccc21. The number of benzene rings is 2.